The van der Waals surface area contributed by atoms with E-state index in [0.717, 1.165) is 27.6 Å². The van der Waals surface area contributed by atoms with Crippen LogP contribution in [0.4, 0.5) is 0 Å². The van der Waals surface area contributed by atoms with Gasteiger partial charge in [0.05, 0.1) is 10.8 Å². The van der Waals surface area contributed by atoms with Gasteiger partial charge in [-0.2, -0.15) is 0 Å². The lowest BCUT2D eigenvalue weighted by Gasteiger charge is -2.14. The summed E-state index contributed by atoms with van der Waals surface area (Å²) in [5.74, 6) is 0. The van der Waals surface area contributed by atoms with Gasteiger partial charge >= 0.3 is 0 Å². The lowest BCUT2D eigenvalue weighted by Crippen LogP contribution is -2.18. The van der Waals surface area contributed by atoms with E-state index >= 15 is 0 Å². The molecule has 4 aromatic rings. The second-order valence-corrected chi connectivity index (χ2v) is 11.0. The standard InChI is InChI=1S/C24H23NO2S2/c1-16-9-11-28-24(16)21-7-4-6-19(15-21)22-14-18(12-17(2)29(3,26)27)13-20-8-5-10-25-23(20)22/h4-11,13-15,17H,12H2,1-3H3. The number of sulfone groups is 1. The van der Waals surface area contributed by atoms with Crippen LogP contribution in [0.2, 0.25) is 0 Å². The van der Waals surface area contributed by atoms with Gasteiger partial charge in [-0.25, -0.2) is 8.42 Å². The van der Waals surface area contributed by atoms with Crippen molar-refractivity contribution in [3.63, 3.8) is 0 Å². The molecule has 0 spiro atoms. The van der Waals surface area contributed by atoms with E-state index in [1.807, 2.05) is 12.1 Å². The second-order valence-electron chi connectivity index (χ2n) is 7.58. The molecule has 2 heterocycles. The lowest BCUT2D eigenvalue weighted by atomic mass is 9.95. The first-order valence-electron chi connectivity index (χ1n) is 9.54. The number of hydrogen-bond acceptors (Lipinski definition) is 4. The molecule has 0 saturated heterocycles. The van der Waals surface area contributed by atoms with Gasteiger partial charge in [-0.05, 0) is 78.2 Å². The van der Waals surface area contributed by atoms with E-state index in [1.54, 1.807) is 24.5 Å². The fraction of sp³-hybridized carbons (Fsp3) is 0.208. The van der Waals surface area contributed by atoms with Gasteiger partial charge < -0.3 is 0 Å². The van der Waals surface area contributed by atoms with Crippen LogP contribution in [-0.4, -0.2) is 24.9 Å². The molecule has 1 unspecified atom stereocenters. The molecule has 4 rings (SSSR count). The second kappa shape index (κ2) is 7.73. The SMILES string of the molecule is Cc1ccsc1-c1cccc(-c2cc(CC(C)S(C)(=O)=O)cc3cccnc23)c1. The Kier molecular flexibility index (Phi) is 5.28. The minimum absolute atomic E-state index is 0.426. The van der Waals surface area contributed by atoms with Crippen molar-refractivity contribution < 1.29 is 8.42 Å². The Morgan fingerprint density at radius 3 is 2.55 bits per heavy atom. The van der Waals surface area contributed by atoms with E-state index in [-0.39, 0.29) is 0 Å². The van der Waals surface area contributed by atoms with Crippen LogP contribution in [0.3, 0.4) is 0 Å². The van der Waals surface area contributed by atoms with Crippen LogP contribution < -0.4 is 0 Å². The van der Waals surface area contributed by atoms with Crippen molar-refractivity contribution in [3.05, 3.63) is 77.3 Å². The van der Waals surface area contributed by atoms with Gasteiger partial charge in [0, 0.05) is 28.3 Å². The Bertz CT molecular complexity index is 1290. The summed E-state index contributed by atoms with van der Waals surface area (Å²) in [5, 5.41) is 2.71. The molecule has 0 amide bonds. The Labute approximate surface area is 176 Å². The molecule has 0 N–H and O–H groups in total. The van der Waals surface area contributed by atoms with Gasteiger partial charge in [0.2, 0.25) is 0 Å². The lowest BCUT2D eigenvalue weighted by molar-refractivity contribution is 0.588. The van der Waals surface area contributed by atoms with Crippen molar-refractivity contribution in [1.29, 1.82) is 0 Å². The molecule has 29 heavy (non-hydrogen) atoms. The van der Waals surface area contributed by atoms with Crippen molar-refractivity contribution in [2.45, 2.75) is 25.5 Å². The highest BCUT2D eigenvalue weighted by atomic mass is 32.2. The van der Waals surface area contributed by atoms with E-state index in [4.69, 9.17) is 0 Å². The monoisotopic (exact) mass is 421 g/mol. The van der Waals surface area contributed by atoms with E-state index in [2.05, 4.69) is 59.8 Å². The predicted octanol–water partition coefficient (Wildman–Crippen LogP) is 5.91. The summed E-state index contributed by atoms with van der Waals surface area (Å²) in [6.45, 7) is 3.89. The maximum absolute atomic E-state index is 12.0. The van der Waals surface area contributed by atoms with E-state index in [9.17, 15) is 8.42 Å². The highest BCUT2D eigenvalue weighted by molar-refractivity contribution is 7.91. The molecular weight excluding hydrogens is 398 g/mol. The molecule has 5 heteroatoms. The van der Waals surface area contributed by atoms with Crippen molar-refractivity contribution in [2.75, 3.05) is 6.26 Å². The average Bonchev–Trinajstić information content (AvgIpc) is 3.12. The van der Waals surface area contributed by atoms with Crippen molar-refractivity contribution in [1.82, 2.24) is 4.98 Å². The molecule has 3 nitrogen and oxygen atoms in total. The summed E-state index contributed by atoms with van der Waals surface area (Å²) in [6.07, 6.45) is 3.59. The maximum atomic E-state index is 12.0. The first-order valence-corrected chi connectivity index (χ1v) is 12.4. The number of benzene rings is 2. The van der Waals surface area contributed by atoms with E-state index < -0.39 is 15.1 Å². The summed E-state index contributed by atoms with van der Waals surface area (Å²) in [5.41, 5.74) is 6.53. The van der Waals surface area contributed by atoms with Crippen LogP contribution in [0.15, 0.2) is 66.2 Å². The number of fused-ring (bicyclic) bond motifs is 1. The Hall–Kier alpha value is -2.50. The number of rotatable bonds is 5. The summed E-state index contributed by atoms with van der Waals surface area (Å²) in [6, 6.07) is 18.7. The fourth-order valence-corrected chi connectivity index (χ4v) is 4.99. The Morgan fingerprint density at radius 2 is 1.83 bits per heavy atom. The quantitative estimate of drug-likeness (QED) is 0.402. The molecule has 0 fully saturated rings. The van der Waals surface area contributed by atoms with E-state index in [1.165, 1.54) is 22.3 Å². The molecule has 0 aliphatic rings. The van der Waals surface area contributed by atoms with Crippen LogP contribution in [-0.2, 0) is 16.3 Å². The summed E-state index contributed by atoms with van der Waals surface area (Å²) < 4.78 is 23.9. The molecular formula is C24H23NO2S2. The number of aryl methyl sites for hydroxylation is 1. The third kappa shape index (κ3) is 4.11. The van der Waals surface area contributed by atoms with Gasteiger partial charge in [-0.3, -0.25) is 4.98 Å². The number of nitrogens with zero attached hydrogens (tertiary/aromatic N) is 1. The largest absolute Gasteiger partial charge is 0.256 e. The van der Waals surface area contributed by atoms with Gasteiger partial charge in [-0.15, -0.1) is 11.3 Å². The van der Waals surface area contributed by atoms with Crippen molar-refractivity contribution >= 4 is 32.1 Å². The number of pyridine rings is 1. The topological polar surface area (TPSA) is 47.0 Å². The Morgan fingerprint density at radius 1 is 1.03 bits per heavy atom. The van der Waals surface area contributed by atoms with Gasteiger partial charge in [-0.1, -0.05) is 24.3 Å². The zero-order valence-electron chi connectivity index (χ0n) is 16.7. The number of aromatic nitrogens is 1. The predicted molar refractivity (Wildman–Crippen MR) is 123 cm³/mol. The van der Waals surface area contributed by atoms with Gasteiger partial charge in [0.25, 0.3) is 0 Å². The molecule has 2 aromatic heterocycles. The molecule has 0 bridgehead atoms. The first-order chi connectivity index (χ1) is 13.8. The normalized spacial score (nSPS) is 12.9. The molecule has 2 aromatic carbocycles. The van der Waals surface area contributed by atoms with Crippen molar-refractivity contribution in [3.8, 4) is 21.6 Å². The number of hydrogen-bond donors (Lipinski definition) is 0. The first kappa shape index (κ1) is 19.8. The Balaban J connectivity index is 1.86. The summed E-state index contributed by atoms with van der Waals surface area (Å²) in [7, 11) is -3.09. The zero-order valence-corrected chi connectivity index (χ0v) is 18.3. The van der Waals surface area contributed by atoms with Crippen molar-refractivity contribution in [2.24, 2.45) is 0 Å². The van der Waals surface area contributed by atoms with Crippen LogP contribution in [0, 0.1) is 6.92 Å². The van der Waals surface area contributed by atoms with Crippen LogP contribution >= 0.6 is 11.3 Å². The molecule has 0 saturated carbocycles. The third-order valence-corrected chi connectivity index (χ3v) is 8.01. The van der Waals surface area contributed by atoms with Crippen LogP contribution in [0.25, 0.3) is 32.5 Å². The van der Waals surface area contributed by atoms with Crippen LogP contribution in [0.1, 0.15) is 18.1 Å². The average molecular weight is 422 g/mol. The summed E-state index contributed by atoms with van der Waals surface area (Å²) in [4.78, 5) is 5.89. The van der Waals surface area contributed by atoms with Crippen LogP contribution in [0.5, 0.6) is 0 Å². The molecule has 1 atom stereocenters. The highest BCUT2D eigenvalue weighted by Crippen LogP contribution is 2.35. The molecule has 148 valence electrons. The fourth-order valence-electron chi connectivity index (χ4n) is 3.57. The zero-order chi connectivity index (χ0) is 20.6. The minimum Gasteiger partial charge on any atom is -0.256 e. The van der Waals surface area contributed by atoms with E-state index in [0.29, 0.717) is 6.42 Å². The molecule has 0 radical (unpaired) electrons. The van der Waals surface area contributed by atoms with Gasteiger partial charge in [0.1, 0.15) is 9.84 Å². The maximum Gasteiger partial charge on any atom is 0.150 e. The molecule has 0 aliphatic carbocycles. The summed E-state index contributed by atoms with van der Waals surface area (Å²) >= 11 is 1.74. The number of thiophene rings is 1. The highest BCUT2D eigenvalue weighted by Gasteiger charge is 2.17. The third-order valence-electron chi connectivity index (χ3n) is 5.32. The minimum atomic E-state index is -3.09. The molecule has 0 aliphatic heterocycles. The van der Waals surface area contributed by atoms with Gasteiger partial charge in [0.15, 0.2) is 0 Å². The smallest absolute Gasteiger partial charge is 0.150 e.